The summed E-state index contributed by atoms with van der Waals surface area (Å²) >= 11 is 0. The SMILES string of the molecule is CCCCCCOP(C)(N)=O. The fraction of sp³-hybridized carbons (Fsp3) is 1.00. The summed E-state index contributed by atoms with van der Waals surface area (Å²) in [6.45, 7) is 4.12. The van der Waals surface area contributed by atoms with E-state index in [0.29, 0.717) is 6.61 Å². The Bertz CT molecular complexity index is 132. The number of hydrogen-bond acceptors (Lipinski definition) is 2. The Morgan fingerprint density at radius 2 is 2.00 bits per heavy atom. The molecule has 68 valence electrons. The molecule has 0 saturated carbocycles. The van der Waals surface area contributed by atoms with Crippen molar-refractivity contribution in [3.8, 4) is 0 Å². The lowest BCUT2D eigenvalue weighted by Gasteiger charge is -2.06. The van der Waals surface area contributed by atoms with E-state index in [1.807, 2.05) is 0 Å². The van der Waals surface area contributed by atoms with Gasteiger partial charge in [-0.2, -0.15) is 0 Å². The Hall–Kier alpha value is 0.150. The van der Waals surface area contributed by atoms with Crippen LogP contribution in [0, 0.1) is 0 Å². The molecule has 2 N–H and O–H groups in total. The number of rotatable bonds is 6. The molecule has 0 spiro atoms. The van der Waals surface area contributed by atoms with Crippen LogP contribution in [0.3, 0.4) is 0 Å². The Balaban J connectivity index is 3.09. The standard InChI is InChI=1S/C7H18NO2P/c1-3-4-5-6-7-10-11(2,8)9/h3-7H2,1-2H3,(H2,8,9). The third-order valence-corrected chi connectivity index (χ3v) is 2.04. The van der Waals surface area contributed by atoms with Gasteiger partial charge >= 0.3 is 0 Å². The monoisotopic (exact) mass is 179 g/mol. The molecule has 0 fully saturated rings. The van der Waals surface area contributed by atoms with Crippen molar-refractivity contribution in [1.29, 1.82) is 0 Å². The highest BCUT2D eigenvalue weighted by atomic mass is 31.2. The van der Waals surface area contributed by atoms with Gasteiger partial charge in [-0.15, -0.1) is 0 Å². The van der Waals surface area contributed by atoms with Gasteiger partial charge in [0.15, 0.2) is 0 Å². The second kappa shape index (κ2) is 5.76. The van der Waals surface area contributed by atoms with Crippen molar-refractivity contribution in [2.45, 2.75) is 32.6 Å². The van der Waals surface area contributed by atoms with Gasteiger partial charge in [0.25, 0.3) is 7.52 Å². The molecule has 0 rings (SSSR count). The van der Waals surface area contributed by atoms with Crippen LogP contribution in [0.15, 0.2) is 0 Å². The van der Waals surface area contributed by atoms with Gasteiger partial charge in [-0.05, 0) is 6.42 Å². The van der Waals surface area contributed by atoms with E-state index in [0.717, 1.165) is 12.8 Å². The average Bonchev–Trinajstić information content (AvgIpc) is 1.85. The summed E-state index contributed by atoms with van der Waals surface area (Å²) in [6, 6.07) is 0. The maximum Gasteiger partial charge on any atom is 0.264 e. The molecular formula is C7H18NO2P. The molecule has 0 amide bonds. The first-order valence-corrected chi connectivity index (χ1v) is 6.21. The van der Waals surface area contributed by atoms with E-state index in [2.05, 4.69) is 6.92 Å². The van der Waals surface area contributed by atoms with Crippen LogP contribution in [0.4, 0.5) is 0 Å². The summed E-state index contributed by atoms with van der Waals surface area (Å²) in [5.74, 6) is 0. The second-order valence-corrected chi connectivity index (χ2v) is 4.88. The Labute approximate surface area is 68.8 Å². The molecular weight excluding hydrogens is 161 g/mol. The van der Waals surface area contributed by atoms with Crippen molar-refractivity contribution in [3.63, 3.8) is 0 Å². The fourth-order valence-corrected chi connectivity index (χ4v) is 1.27. The minimum Gasteiger partial charge on any atom is -0.318 e. The van der Waals surface area contributed by atoms with E-state index in [4.69, 9.17) is 10.0 Å². The third kappa shape index (κ3) is 10.2. The highest BCUT2D eigenvalue weighted by Crippen LogP contribution is 2.31. The molecule has 0 aliphatic carbocycles. The predicted molar refractivity (Wildman–Crippen MR) is 47.8 cm³/mol. The first kappa shape index (κ1) is 11.2. The largest absolute Gasteiger partial charge is 0.318 e. The molecule has 3 nitrogen and oxygen atoms in total. The lowest BCUT2D eigenvalue weighted by atomic mass is 10.2. The van der Waals surface area contributed by atoms with Crippen molar-refractivity contribution in [1.82, 2.24) is 0 Å². The molecule has 0 aliphatic rings. The van der Waals surface area contributed by atoms with Gasteiger partial charge in [-0.25, -0.2) is 0 Å². The van der Waals surface area contributed by atoms with Gasteiger partial charge in [0.2, 0.25) is 0 Å². The molecule has 0 heterocycles. The zero-order valence-electron chi connectivity index (χ0n) is 7.38. The Morgan fingerprint density at radius 1 is 1.36 bits per heavy atom. The minimum absolute atomic E-state index is 0.532. The van der Waals surface area contributed by atoms with E-state index >= 15 is 0 Å². The zero-order valence-corrected chi connectivity index (χ0v) is 8.27. The fourth-order valence-electron chi connectivity index (χ4n) is 0.775. The van der Waals surface area contributed by atoms with Gasteiger partial charge in [-0.3, -0.25) is 10.1 Å². The lowest BCUT2D eigenvalue weighted by Crippen LogP contribution is -1.99. The zero-order chi connectivity index (χ0) is 8.74. The van der Waals surface area contributed by atoms with Gasteiger partial charge in [-0.1, -0.05) is 26.2 Å². The highest BCUT2D eigenvalue weighted by Gasteiger charge is 2.05. The van der Waals surface area contributed by atoms with E-state index in [-0.39, 0.29) is 0 Å². The molecule has 0 bridgehead atoms. The molecule has 0 aromatic rings. The summed E-state index contributed by atoms with van der Waals surface area (Å²) in [5.41, 5.74) is 5.18. The Morgan fingerprint density at radius 3 is 2.45 bits per heavy atom. The third-order valence-electron chi connectivity index (χ3n) is 1.35. The molecule has 4 heteroatoms. The van der Waals surface area contributed by atoms with Crippen LogP contribution in [-0.2, 0) is 9.09 Å². The van der Waals surface area contributed by atoms with E-state index in [1.54, 1.807) is 0 Å². The summed E-state index contributed by atoms with van der Waals surface area (Å²) < 4.78 is 15.7. The molecule has 11 heavy (non-hydrogen) atoms. The highest BCUT2D eigenvalue weighted by molar-refractivity contribution is 7.55. The number of unbranched alkanes of at least 4 members (excludes halogenated alkanes) is 3. The van der Waals surface area contributed by atoms with Gasteiger partial charge in [0, 0.05) is 6.66 Å². The molecule has 0 aliphatic heterocycles. The number of nitrogens with two attached hydrogens (primary N) is 1. The molecule has 0 radical (unpaired) electrons. The van der Waals surface area contributed by atoms with Crippen LogP contribution in [0.5, 0.6) is 0 Å². The number of hydrogen-bond donors (Lipinski definition) is 1. The van der Waals surface area contributed by atoms with Crippen molar-refractivity contribution < 1.29 is 9.09 Å². The summed E-state index contributed by atoms with van der Waals surface area (Å²) in [6.07, 6.45) is 4.51. The van der Waals surface area contributed by atoms with Crippen molar-refractivity contribution in [2.24, 2.45) is 5.50 Å². The van der Waals surface area contributed by atoms with Crippen LogP contribution < -0.4 is 5.50 Å². The van der Waals surface area contributed by atoms with Crippen LogP contribution >= 0.6 is 7.52 Å². The summed E-state index contributed by atoms with van der Waals surface area (Å²) in [7, 11) is -2.71. The normalized spacial score (nSPS) is 16.3. The summed E-state index contributed by atoms with van der Waals surface area (Å²) in [5, 5.41) is 0. The maximum absolute atomic E-state index is 10.8. The summed E-state index contributed by atoms with van der Waals surface area (Å²) in [4.78, 5) is 0. The average molecular weight is 179 g/mol. The topological polar surface area (TPSA) is 52.3 Å². The lowest BCUT2D eigenvalue weighted by molar-refractivity contribution is 0.306. The van der Waals surface area contributed by atoms with Crippen LogP contribution in [0.2, 0.25) is 0 Å². The quantitative estimate of drug-likeness (QED) is 0.503. The van der Waals surface area contributed by atoms with E-state index < -0.39 is 7.52 Å². The first-order chi connectivity index (χ1) is 5.06. The van der Waals surface area contributed by atoms with Gasteiger partial charge < -0.3 is 4.52 Å². The Kier molecular flexibility index (Phi) is 5.83. The van der Waals surface area contributed by atoms with E-state index in [9.17, 15) is 4.57 Å². The van der Waals surface area contributed by atoms with Gasteiger partial charge in [0.1, 0.15) is 0 Å². The molecule has 0 aromatic carbocycles. The maximum atomic E-state index is 10.8. The van der Waals surface area contributed by atoms with Gasteiger partial charge in [0.05, 0.1) is 6.61 Å². The second-order valence-electron chi connectivity index (χ2n) is 2.80. The van der Waals surface area contributed by atoms with Crippen LogP contribution in [0.25, 0.3) is 0 Å². The molecule has 1 unspecified atom stereocenters. The molecule has 1 atom stereocenters. The first-order valence-electron chi connectivity index (χ1n) is 4.07. The van der Waals surface area contributed by atoms with E-state index in [1.165, 1.54) is 19.5 Å². The smallest absolute Gasteiger partial charge is 0.264 e. The van der Waals surface area contributed by atoms with Crippen molar-refractivity contribution >= 4 is 7.52 Å². The van der Waals surface area contributed by atoms with Crippen molar-refractivity contribution in [3.05, 3.63) is 0 Å². The van der Waals surface area contributed by atoms with Crippen LogP contribution in [-0.4, -0.2) is 13.3 Å². The molecule has 0 aromatic heterocycles. The van der Waals surface area contributed by atoms with Crippen LogP contribution in [0.1, 0.15) is 32.6 Å². The predicted octanol–water partition coefficient (Wildman–Crippen LogP) is 2.36. The van der Waals surface area contributed by atoms with Crippen molar-refractivity contribution in [2.75, 3.05) is 13.3 Å². The minimum atomic E-state index is -2.71. The molecule has 0 saturated heterocycles.